The van der Waals surface area contributed by atoms with Crippen LogP contribution in [-0.2, 0) is 0 Å². The van der Waals surface area contributed by atoms with Crippen molar-refractivity contribution in [2.24, 2.45) is 0 Å². The van der Waals surface area contributed by atoms with Crippen molar-refractivity contribution in [2.75, 3.05) is 18.4 Å². The minimum Gasteiger partial charge on any atom is -0.367 e. The van der Waals surface area contributed by atoms with Crippen LogP contribution in [-0.4, -0.2) is 44.0 Å². The van der Waals surface area contributed by atoms with Crippen LogP contribution >= 0.6 is 11.3 Å². The molecule has 0 spiro atoms. The van der Waals surface area contributed by atoms with Crippen molar-refractivity contribution in [3.8, 4) is 5.82 Å². The normalized spacial score (nSPS) is 10.9. The number of carbonyl (C=O) groups excluding carboxylic acids is 1. The van der Waals surface area contributed by atoms with E-state index in [-0.39, 0.29) is 5.91 Å². The van der Waals surface area contributed by atoms with Gasteiger partial charge < -0.3 is 10.6 Å². The van der Waals surface area contributed by atoms with Gasteiger partial charge in [-0.15, -0.1) is 21.5 Å². The topological polar surface area (TPSA) is 97.6 Å². The van der Waals surface area contributed by atoms with Crippen LogP contribution in [0.1, 0.15) is 16.1 Å². The smallest absolute Gasteiger partial charge is 0.251 e. The molecule has 9 heteroatoms. The lowest BCUT2D eigenvalue weighted by Gasteiger charge is -2.08. The molecule has 136 valence electrons. The highest BCUT2D eigenvalue weighted by Gasteiger charge is 2.07. The fourth-order valence-corrected chi connectivity index (χ4v) is 3.27. The van der Waals surface area contributed by atoms with Gasteiger partial charge >= 0.3 is 0 Å². The Labute approximate surface area is 159 Å². The summed E-state index contributed by atoms with van der Waals surface area (Å²) >= 11 is 1.52. The van der Waals surface area contributed by atoms with Crippen molar-refractivity contribution in [2.45, 2.75) is 6.92 Å². The molecule has 27 heavy (non-hydrogen) atoms. The number of aryl methyl sites for hydroxylation is 1. The van der Waals surface area contributed by atoms with Crippen LogP contribution in [0, 0.1) is 6.92 Å². The van der Waals surface area contributed by atoms with E-state index in [1.807, 2.05) is 43.5 Å². The zero-order chi connectivity index (χ0) is 18.6. The molecule has 2 N–H and O–H groups in total. The molecule has 4 aromatic rings. The summed E-state index contributed by atoms with van der Waals surface area (Å²) in [6.45, 7) is 2.94. The molecule has 0 radical (unpaired) electrons. The fraction of sp³-hybridized carbons (Fsp3) is 0.167. The molecular weight excluding hydrogens is 362 g/mol. The SMILES string of the molecule is Cc1ccn(-c2ccc(NCCNC(=O)c3ccc4ncsc4c3)nn2)n1. The molecule has 3 aromatic heterocycles. The molecule has 0 saturated heterocycles. The largest absolute Gasteiger partial charge is 0.367 e. The number of fused-ring (bicyclic) bond motifs is 1. The molecule has 8 nitrogen and oxygen atoms in total. The Hall–Kier alpha value is -3.33. The third kappa shape index (κ3) is 3.93. The van der Waals surface area contributed by atoms with E-state index in [0.717, 1.165) is 15.9 Å². The van der Waals surface area contributed by atoms with Crippen molar-refractivity contribution < 1.29 is 4.79 Å². The summed E-state index contributed by atoms with van der Waals surface area (Å²) in [5, 5.41) is 18.6. The van der Waals surface area contributed by atoms with Gasteiger partial charge in [0.15, 0.2) is 5.82 Å². The molecule has 0 fully saturated rings. The first kappa shape index (κ1) is 17.1. The zero-order valence-corrected chi connectivity index (χ0v) is 15.4. The first-order valence-electron chi connectivity index (χ1n) is 8.41. The highest BCUT2D eigenvalue weighted by molar-refractivity contribution is 7.16. The van der Waals surface area contributed by atoms with Crippen molar-refractivity contribution >= 4 is 33.3 Å². The number of hydrogen-bond acceptors (Lipinski definition) is 7. The molecule has 0 bridgehead atoms. The van der Waals surface area contributed by atoms with Crippen LogP contribution in [0.25, 0.3) is 16.0 Å². The van der Waals surface area contributed by atoms with Gasteiger partial charge in [-0.05, 0) is 43.3 Å². The number of amides is 1. The standard InChI is InChI=1S/C18H17N7OS/c1-12-6-9-25(24-12)17-5-4-16(22-23-17)19-7-8-20-18(26)13-2-3-14-15(10-13)27-11-21-14/h2-6,9-11H,7-8H2,1H3,(H,19,22)(H,20,26). The molecule has 0 aliphatic rings. The zero-order valence-electron chi connectivity index (χ0n) is 14.6. The van der Waals surface area contributed by atoms with E-state index in [1.54, 1.807) is 16.3 Å². The van der Waals surface area contributed by atoms with E-state index >= 15 is 0 Å². The molecule has 4 rings (SSSR count). The monoisotopic (exact) mass is 379 g/mol. The Morgan fingerprint density at radius 2 is 2.07 bits per heavy atom. The van der Waals surface area contributed by atoms with Crippen LogP contribution in [0.4, 0.5) is 5.82 Å². The summed E-state index contributed by atoms with van der Waals surface area (Å²) in [6.07, 6.45) is 1.84. The third-order valence-electron chi connectivity index (χ3n) is 3.92. The number of anilines is 1. The molecule has 0 aliphatic carbocycles. The predicted octanol–water partition coefficient (Wildman–Crippen LogP) is 2.42. The summed E-state index contributed by atoms with van der Waals surface area (Å²) in [4.78, 5) is 16.4. The van der Waals surface area contributed by atoms with E-state index in [4.69, 9.17) is 0 Å². The third-order valence-corrected chi connectivity index (χ3v) is 4.71. The molecule has 0 saturated carbocycles. The van der Waals surface area contributed by atoms with Crippen molar-refractivity contribution in [3.63, 3.8) is 0 Å². The van der Waals surface area contributed by atoms with Crippen LogP contribution in [0.5, 0.6) is 0 Å². The molecule has 0 atom stereocenters. The molecule has 1 amide bonds. The molecule has 3 heterocycles. The fourth-order valence-electron chi connectivity index (χ4n) is 2.55. The van der Waals surface area contributed by atoms with E-state index in [9.17, 15) is 4.79 Å². The molecule has 0 aliphatic heterocycles. The first-order valence-corrected chi connectivity index (χ1v) is 9.29. The van der Waals surface area contributed by atoms with E-state index in [1.165, 1.54) is 11.3 Å². The summed E-state index contributed by atoms with van der Waals surface area (Å²) in [7, 11) is 0. The number of thiazole rings is 1. The quantitative estimate of drug-likeness (QED) is 0.499. The number of carbonyl (C=O) groups is 1. The van der Waals surface area contributed by atoms with Gasteiger partial charge in [0.05, 0.1) is 21.4 Å². The van der Waals surface area contributed by atoms with Crippen molar-refractivity contribution in [1.29, 1.82) is 0 Å². The Kier molecular flexibility index (Phi) is 4.75. The second kappa shape index (κ2) is 7.50. The highest BCUT2D eigenvalue weighted by Crippen LogP contribution is 2.18. The van der Waals surface area contributed by atoms with Gasteiger partial charge in [0, 0.05) is 24.8 Å². The summed E-state index contributed by atoms with van der Waals surface area (Å²) in [5.74, 6) is 1.19. The number of benzene rings is 1. The van der Waals surface area contributed by atoms with Crippen LogP contribution in [0.3, 0.4) is 0 Å². The molecule has 0 unspecified atom stereocenters. The van der Waals surface area contributed by atoms with Gasteiger partial charge in [0.1, 0.15) is 5.82 Å². The van der Waals surface area contributed by atoms with Gasteiger partial charge in [-0.3, -0.25) is 4.79 Å². The van der Waals surface area contributed by atoms with Crippen LogP contribution < -0.4 is 10.6 Å². The maximum Gasteiger partial charge on any atom is 0.251 e. The number of nitrogens with one attached hydrogen (secondary N) is 2. The lowest BCUT2D eigenvalue weighted by molar-refractivity contribution is 0.0955. The Morgan fingerprint density at radius 1 is 1.15 bits per heavy atom. The Balaban J connectivity index is 1.27. The number of aromatic nitrogens is 5. The highest BCUT2D eigenvalue weighted by atomic mass is 32.1. The second-order valence-corrected chi connectivity index (χ2v) is 6.78. The molecule has 1 aromatic carbocycles. The van der Waals surface area contributed by atoms with Gasteiger partial charge in [0.2, 0.25) is 0 Å². The van der Waals surface area contributed by atoms with Gasteiger partial charge in [-0.25, -0.2) is 9.67 Å². The lowest BCUT2D eigenvalue weighted by atomic mass is 10.2. The number of rotatable bonds is 6. The van der Waals surface area contributed by atoms with Crippen LogP contribution in [0.2, 0.25) is 0 Å². The number of hydrogen-bond donors (Lipinski definition) is 2. The minimum absolute atomic E-state index is 0.109. The lowest BCUT2D eigenvalue weighted by Crippen LogP contribution is -2.28. The maximum atomic E-state index is 12.2. The summed E-state index contributed by atoms with van der Waals surface area (Å²) in [5.41, 5.74) is 4.23. The van der Waals surface area contributed by atoms with Gasteiger partial charge in [-0.1, -0.05) is 0 Å². The van der Waals surface area contributed by atoms with Crippen molar-refractivity contribution in [1.82, 2.24) is 30.3 Å². The van der Waals surface area contributed by atoms with E-state index in [0.29, 0.717) is 30.3 Å². The van der Waals surface area contributed by atoms with Gasteiger partial charge in [-0.2, -0.15) is 5.10 Å². The average molecular weight is 379 g/mol. The summed E-state index contributed by atoms with van der Waals surface area (Å²) < 4.78 is 2.68. The maximum absolute atomic E-state index is 12.2. The van der Waals surface area contributed by atoms with Gasteiger partial charge in [0.25, 0.3) is 5.91 Å². The van der Waals surface area contributed by atoms with E-state index < -0.39 is 0 Å². The Morgan fingerprint density at radius 3 is 2.85 bits per heavy atom. The predicted molar refractivity (Wildman–Crippen MR) is 104 cm³/mol. The van der Waals surface area contributed by atoms with E-state index in [2.05, 4.69) is 30.9 Å². The summed E-state index contributed by atoms with van der Waals surface area (Å²) in [6, 6.07) is 11.1. The average Bonchev–Trinajstić information content (AvgIpc) is 3.33. The minimum atomic E-state index is -0.109. The van der Waals surface area contributed by atoms with Crippen LogP contribution in [0.15, 0.2) is 48.1 Å². The Bertz CT molecular complexity index is 1070. The first-order chi connectivity index (χ1) is 13.2. The molecular formula is C18H17N7OS. The number of nitrogens with zero attached hydrogens (tertiary/aromatic N) is 5. The second-order valence-electron chi connectivity index (χ2n) is 5.90. The van der Waals surface area contributed by atoms with Crippen molar-refractivity contribution in [3.05, 3.63) is 59.4 Å².